The molecule has 0 saturated heterocycles. The molecule has 1 saturated carbocycles. The Kier molecular flexibility index (Phi) is 2.55. The Labute approximate surface area is 69.8 Å². The fourth-order valence-corrected chi connectivity index (χ4v) is 2.14. The van der Waals surface area contributed by atoms with Crippen LogP contribution in [0.5, 0.6) is 0 Å². The zero-order valence-corrected chi connectivity index (χ0v) is 7.93. The van der Waals surface area contributed by atoms with Gasteiger partial charge in [0.1, 0.15) is 0 Å². The highest BCUT2D eigenvalue weighted by atomic mass is 15.2. The average molecular weight is 156 g/mol. The molecule has 0 aromatic rings. The van der Waals surface area contributed by atoms with E-state index in [0.717, 1.165) is 12.5 Å². The second-order valence-corrected chi connectivity index (χ2v) is 4.17. The van der Waals surface area contributed by atoms with Crippen LogP contribution in [0.15, 0.2) is 0 Å². The van der Waals surface area contributed by atoms with Gasteiger partial charge >= 0.3 is 0 Å². The van der Waals surface area contributed by atoms with E-state index in [0.29, 0.717) is 5.54 Å². The van der Waals surface area contributed by atoms with Gasteiger partial charge in [0.2, 0.25) is 0 Å². The van der Waals surface area contributed by atoms with Crippen LogP contribution in [0.4, 0.5) is 0 Å². The first kappa shape index (κ1) is 9.01. The summed E-state index contributed by atoms with van der Waals surface area (Å²) in [4.78, 5) is 2.30. The molecule has 0 radical (unpaired) electrons. The fourth-order valence-electron chi connectivity index (χ4n) is 2.14. The Morgan fingerprint density at radius 3 is 2.36 bits per heavy atom. The third kappa shape index (κ3) is 1.57. The molecule has 2 unspecified atom stereocenters. The van der Waals surface area contributed by atoms with Crippen molar-refractivity contribution in [2.24, 2.45) is 11.7 Å². The van der Waals surface area contributed by atoms with Crippen molar-refractivity contribution >= 4 is 0 Å². The lowest BCUT2D eigenvalue weighted by molar-refractivity contribution is 0.162. The SMILES string of the molecule is CC1CCC(CN)(N(C)C)C1. The van der Waals surface area contributed by atoms with Crippen LogP contribution in [0.25, 0.3) is 0 Å². The van der Waals surface area contributed by atoms with E-state index in [4.69, 9.17) is 5.73 Å². The van der Waals surface area contributed by atoms with Gasteiger partial charge < -0.3 is 10.6 Å². The van der Waals surface area contributed by atoms with E-state index in [1.54, 1.807) is 0 Å². The number of nitrogens with zero attached hydrogens (tertiary/aromatic N) is 1. The fraction of sp³-hybridized carbons (Fsp3) is 1.00. The van der Waals surface area contributed by atoms with Crippen LogP contribution in [0.1, 0.15) is 26.2 Å². The Bertz CT molecular complexity index is 134. The van der Waals surface area contributed by atoms with Gasteiger partial charge in [0.05, 0.1) is 0 Å². The molecule has 0 amide bonds. The van der Waals surface area contributed by atoms with E-state index in [2.05, 4.69) is 25.9 Å². The number of rotatable bonds is 2. The van der Waals surface area contributed by atoms with Crippen molar-refractivity contribution in [1.82, 2.24) is 4.90 Å². The summed E-state index contributed by atoms with van der Waals surface area (Å²) < 4.78 is 0. The summed E-state index contributed by atoms with van der Waals surface area (Å²) in [5, 5.41) is 0. The molecule has 1 rings (SSSR count). The van der Waals surface area contributed by atoms with Crippen LogP contribution < -0.4 is 5.73 Å². The summed E-state index contributed by atoms with van der Waals surface area (Å²) in [7, 11) is 4.29. The maximum Gasteiger partial charge on any atom is 0.0328 e. The first-order valence-electron chi connectivity index (χ1n) is 4.48. The quantitative estimate of drug-likeness (QED) is 0.648. The number of likely N-dealkylation sites (N-methyl/N-ethyl adjacent to an activating group) is 1. The Balaban J connectivity index is 2.62. The summed E-state index contributed by atoms with van der Waals surface area (Å²) >= 11 is 0. The van der Waals surface area contributed by atoms with E-state index in [9.17, 15) is 0 Å². The number of hydrogen-bond acceptors (Lipinski definition) is 2. The van der Waals surface area contributed by atoms with Gasteiger partial charge in [0.15, 0.2) is 0 Å². The predicted molar refractivity (Wildman–Crippen MR) is 48.5 cm³/mol. The van der Waals surface area contributed by atoms with E-state index in [1.165, 1.54) is 19.3 Å². The monoisotopic (exact) mass is 156 g/mol. The first-order valence-corrected chi connectivity index (χ1v) is 4.48. The third-order valence-electron chi connectivity index (χ3n) is 3.16. The van der Waals surface area contributed by atoms with Crippen molar-refractivity contribution in [1.29, 1.82) is 0 Å². The van der Waals surface area contributed by atoms with Crippen LogP contribution in [-0.2, 0) is 0 Å². The smallest absolute Gasteiger partial charge is 0.0328 e. The molecule has 2 heteroatoms. The van der Waals surface area contributed by atoms with Crippen LogP contribution in [0.3, 0.4) is 0 Å². The minimum absolute atomic E-state index is 0.319. The molecule has 66 valence electrons. The highest BCUT2D eigenvalue weighted by molar-refractivity contribution is 4.95. The van der Waals surface area contributed by atoms with E-state index in [-0.39, 0.29) is 0 Å². The highest BCUT2D eigenvalue weighted by Crippen LogP contribution is 2.36. The molecule has 2 nitrogen and oxygen atoms in total. The van der Waals surface area contributed by atoms with Gasteiger partial charge in [-0.15, -0.1) is 0 Å². The molecule has 0 aromatic carbocycles. The molecule has 11 heavy (non-hydrogen) atoms. The van der Waals surface area contributed by atoms with Gasteiger partial charge in [-0.2, -0.15) is 0 Å². The highest BCUT2D eigenvalue weighted by Gasteiger charge is 2.37. The average Bonchev–Trinajstić information content (AvgIpc) is 2.33. The maximum absolute atomic E-state index is 5.79. The summed E-state index contributed by atoms with van der Waals surface area (Å²) in [6.45, 7) is 3.13. The van der Waals surface area contributed by atoms with Crippen LogP contribution >= 0.6 is 0 Å². The summed E-state index contributed by atoms with van der Waals surface area (Å²) in [6, 6.07) is 0. The molecule has 0 aliphatic heterocycles. The largest absolute Gasteiger partial charge is 0.329 e. The van der Waals surface area contributed by atoms with Crippen LogP contribution in [0, 0.1) is 5.92 Å². The second kappa shape index (κ2) is 3.11. The van der Waals surface area contributed by atoms with Gasteiger partial charge in [-0.1, -0.05) is 6.92 Å². The van der Waals surface area contributed by atoms with Crippen LogP contribution in [0.2, 0.25) is 0 Å². The lowest BCUT2D eigenvalue weighted by atomic mass is 9.95. The molecular formula is C9H20N2. The van der Waals surface area contributed by atoms with E-state index >= 15 is 0 Å². The normalized spacial score (nSPS) is 38.5. The van der Waals surface area contributed by atoms with Crippen molar-refractivity contribution in [3.05, 3.63) is 0 Å². The maximum atomic E-state index is 5.79. The Hall–Kier alpha value is -0.0800. The van der Waals surface area contributed by atoms with Gasteiger partial charge in [0.25, 0.3) is 0 Å². The zero-order chi connectivity index (χ0) is 8.48. The molecule has 1 aliphatic carbocycles. The molecule has 2 N–H and O–H groups in total. The third-order valence-corrected chi connectivity index (χ3v) is 3.16. The predicted octanol–water partition coefficient (Wildman–Crippen LogP) is 1.07. The van der Waals surface area contributed by atoms with Crippen molar-refractivity contribution in [2.45, 2.75) is 31.7 Å². The minimum Gasteiger partial charge on any atom is -0.329 e. The number of hydrogen-bond donors (Lipinski definition) is 1. The molecule has 1 aliphatic rings. The lowest BCUT2D eigenvalue weighted by Gasteiger charge is -2.35. The van der Waals surface area contributed by atoms with Crippen molar-refractivity contribution in [3.8, 4) is 0 Å². The second-order valence-electron chi connectivity index (χ2n) is 4.17. The van der Waals surface area contributed by atoms with Crippen molar-refractivity contribution < 1.29 is 0 Å². The van der Waals surface area contributed by atoms with Gasteiger partial charge in [-0.3, -0.25) is 0 Å². The number of nitrogens with two attached hydrogens (primary N) is 1. The molecule has 2 atom stereocenters. The van der Waals surface area contributed by atoms with Crippen molar-refractivity contribution in [2.75, 3.05) is 20.6 Å². The Morgan fingerprint density at radius 2 is 2.18 bits per heavy atom. The van der Waals surface area contributed by atoms with E-state index in [1.807, 2.05) is 0 Å². The zero-order valence-electron chi connectivity index (χ0n) is 7.93. The van der Waals surface area contributed by atoms with Gasteiger partial charge in [-0.25, -0.2) is 0 Å². The van der Waals surface area contributed by atoms with E-state index < -0.39 is 0 Å². The lowest BCUT2D eigenvalue weighted by Crippen LogP contribution is -2.48. The van der Waals surface area contributed by atoms with Crippen LogP contribution in [-0.4, -0.2) is 31.1 Å². The molecule has 0 bridgehead atoms. The summed E-state index contributed by atoms with van der Waals surface area (Å²) in [6.07, 6.45) is 3.89. The molecule has 0 spiro atoms. The van der Waals surface area contributed by atoms with Gasteiger partial charge in [0, 0.05) is 12.1 Å². The summed E-state index contributed by atoms with van der Waals surface area (Å²) in [5.74, 6) is 0.862. The van der Waals surface area contributed by atoms with Crippen molar-refractivity contribution in [3.63, 3.8) is 0 Å². The van der Waals surface area contributed by atoms with Gasteiger partial charge in [-0.05, 0) is 39.3 Å². The molecule has 0 heterocycles. The standard InChI is InChI=1S/C9H20N2/c1-8-4-5-9(6-8,7-10)11(2)3/h8H,4-7,10H2,1-3H3. The Morgan fingerprint density at radius 1 is 1.55 bits per heavy atom. The minimum atomic E-state index is 0.319. The molecule has 0 aromatic heterocycles. The molecule has 1 fully saturated rings. The first-order chi connectivity index (χ1) is 5.10. The molecular weight excluding hydrogens is 136 g/mol. The summed E-state index contributed by atoms with van der Waals surface area (Å²) in [5.41, 5.74) is 6.11. The topological polar surface area (TPSA) is 29.3 Å².